The van der Waals surface area contributed by atoms with Gasteiger partial charge in [-0.1, -0.05) is 0 Å². The Morgan fingerprint density at radius 1 is 1.80 bits per heavy atom. The number of carbonyl (C=O) groups is 1. The van der Waals surface area contributed by atoms with Crippen LogP contribution in [0.25, 0.3) is 0 Å². The highest BCUT2D eigenvalue weighted by Crippen LogP contribution is 1.98. The maximum absolute atomic E-state index is 10.5. The highest BCUT2D eigenvalue weighted by molar-refractivity contribution is 5.71. The van der Waals surface area contributed by atoms with Crippen molar-refractivity contribution in [2.75, 3.05) is 26.9 Å². The molecule has 1 N–H and O–H groups in total. The van der Waals surface area contributed by atoms with Crippen LogP contribution < -0.4 is 5.32 Å². The zero-order chi connectivity index (χ0) is 7.40. The molecule has 1 fully saturated rings. The molecular formula is C6H11NO3. The Morgan fingerprint density at radius 3 is 2.90 bits per heavy atom. The molecule has 1 aliphatic rings. The standard InChI is InChI=1S/C6H11NO3/c1-9-6(8)2-7-5-3-10-4-5/h5,7H,2-4H2,1H3. The first-order chi connectivity index (χ1) is 4.83. The average molecular weight is 145 g/mol. The van der Waals surface area contributed by atoms with E-state index in [4.69, 9.17) is 4.74 Å². The normalized spacial score (nSPS) is 18.1. The molecule has 0 radical (unpaired) electrons. The molecule has 0 bridgehead atoms. The van der Waals surface area contributed by atoms with E-state index in [1.807, 2.05) is 0 Å². The van der Waals surface area contributed by atoms with Gasteiger partial charge in [-0.2, -0.15) is 0 Å². The predicted molar refractivity (Wildman–Crippen MR) is 34.6 cm³/mol. The van der Waals surface area contributed by atoms with Crippen LogP contribution in [0.2, 0.25) is 0 Å². The molecule has 4 heteroatoms. The third-order valence-electron chi connectivity index (χ3n) is 1.40. The quantitative estimate of drug-likeness (QED) is 0.525. The fourth-order valence-corrected chi connectivity index (χ4v) is 0.653. The third kappa shape index (κ3) is 1.97. The molecule has 1 heterocycles. The van der Waals surface area contributed by atoms with Crippen molar-refractivity contribution in [1.82, 2.24) is 5.32 Å². The molecule has 0 aromatic carbocycles. The first-order valence-corrected chi connectivity index (χ1v) is 3.21. The van der Waals surface area contributed by atoms with Crippen LogP contribution in [-0.4, -0.2) is 38.9 Å². The SMILES string of the molecule is COC(=O)CNC1COC1. The van der Waals surface area contributed by atoms with E-state index < -0.39 is 0 Å². The van der Waals surface area contributed by atoms with Gasteiger partial charge in [-0.05, 0) is 0 Å². The van der Waals surface area contributed by atoms with Crippen molar-refractivity contribution in [3.05, 3.63) is 0 Å². The number of methoxy groups -OCH3 is 1. The maximum atomic E-state index is 10.5. The molecular weight excluding hydrogens is 134 g/mol. The summed E-state index contributed by atoms with van der Waals surface area (Å²) in [6.45, 7) is 1.69. The van der Waals surface area contributed by atoms with E-state index in [0.717, 1.165) is 0 Å². The maximum Gasteiger partial charge on any atom is 0.319 e. The summed E-state index contributed by atoms with van der Waals surface area (Å²) in [6.07, 6.45) is 0. The molecule has 0 saturated carbocycles. The summed E-state index contributed by atoms with van der Waals surface area (Å²) in [5, 5.41) is 2.97. The lowest BCUT2D eigenvalue weighted by Gasteiger charge is -2.26. The lowest BCUT2D eigenvalue weighted by atomic mass is 10.2. The van der Waals surface area contributed by atoms with Crippen LogP contribution >= 0.6 is 0 Å². The topological polar surface area (TPSA) is 47.6 Å². The number of hydrogen-bond donors (Lipinski definition) is 1. The van der Waals surface area contributed by atoms with Gasteiger partial charge in [0.15, 0.2) is 0 Å². The molecule has 0 spiro atoms. The summed E-state index contributed by atoms with van der Waals surface area (Å²) in [5.74, 6) is -0.230. The minimum atomic E-state index is -0.230. The van der Waals surface area contributed by atoms with Gasteiger partial charge >= 0.3 is 5.97 Å². The molecule has 0 aliphatic carbocycles. The summed E-state index contributed by atoms with van der Waals surface area (Å²) < 4.78 is 9.31. The lowest BCUT2D eigenvalue weighted by Crippen LogP contribution is -2.47. The monoisotopic (exact) mass is 145 g/mol. The van der Waals surface area contributed by atoms with E-state index in [1.165, 1.54) is 7.11 Å². The van der Waals surface area contributed by atoms with Crippen molar-refractivity contribution in [2.24, 2.45) is 0 Å². The number of hydrogen-bond acceptors (Lipinski definition) is 4. The van der Waals surface area contributed by atoms with Gasteiger partial charge in [-0.3, -0.25) is 10.1 Å². The van der Waals surface area contributed by atoms with Gasteiger partial charge in [0.2, 0.25) is 0 Å². The van der Waals surface area contributed by atoms with Crippen LogP contribution in [-0.2, 0) is 14.3 Å². The van der Waals surface area contributed by atoms with E-state index in [1.54, 1.807) is 0 Å². The molecule has 1 rings (SSSR count). The second kappa shape index (κ2) is 3.53. The zero-order valence-electron chi connectivity index (χ0n) is 5.92. The van der Waals surface area contributed by atoms with E-state index in [-0.39, 0.29) is 12.5 Å². The summed E-state index contributed by atoms with van der Waals surface area (Å²) in [6, 6.07) is 0.346. The van der Waals surface area contributed by atoms with Gasteiger partial charge in [-0.15, -0.1) is 0 Å². The Balaban J connectivity index is 1.98. The number of nitrogens with one attached hydrogen (secondary N) is 1. The molecule has 1 aliphatic heterocycles. The van der Waals surface area contributed by atoms with Crippen molar-refractivity contribution in [1.29, 1.82) is 0 Å². The summed E-state index contributed by atoms with van der Waals surface area (Å²) in [4.78, 5) is 10.5. The van der Waals surface area contributed by atoms with E-state index in [2.05, 4.69) is 10.1 Å². The molecule has 0 unspecified atom stereocenters. The van der Waals surface area contributed by atoms with Crippen LogP contribution in [0.15, 0.2) is 0 Å². The minimum Gasteiger partial charge on any atom is -0.468 e. The second-order valence-electron chi connectivity index (χ2n) is 2.19. The molecule has 58 valence electrons. The Labute approximate surface area is 59.5 Å². The summed E-state index contributed by atoms with van der Waals surface area (Å²) in [7, 11) is 1.38. The van der Waals surface area contributed by atoms with E-state index in [9.17, 15) is 4.79 Å². The second-order valence-corrected chi connectivity index (χ2v) is 2.19. The van der Waals surface area contributed by atoms with Crippen LogP contribution in [0.5, 0.6) is 0 Å². The number of rotatable bonds is 3. The number of esters is 1. The lowest BCUT2D eigenvalue weighted by molar-refractivity contribution is -0.140. The molecule has 0 aromatic heterocycles. The van der Waals surface area contributed by atoms with Crippen molar-refractivity contribution in [2.45, 2.75) is 6.04 Å². The summed E-state index contributed by atoms with van der Waals surface area (Å²) >= 11 is 0. The fraction of sp³-hybridized carbons (Fsp3) is 0.833. The largest absolute Gasteiger partial charge is 0.468 e. The van der Waals surface area contributed by atoms with Crippen LogP contribution in [0.4, 0.5) is 0 Å². The predicted octanol–water partition coefficient (Wildman–Crippen LogP) is -0.852. The van der Waals surface area contributed by atoms with Crippen molar-refractivity contribution in [3.8, 4) is 0 Å². The van der Waals surface area contributed by atoms with Crippen molar-refractivity contribution in [3.63, 3.8) is 0 Å². The molecule has 0 atom stereocenters. The molecule has 4 nitrogen and oxygen atoms in total. The van der Waals surface area contributed by atoms with Gasteiger partial charge in [0.25, 0.3) is 0 Å². The average Bonchev–Trinajstić information content (AvgIpc) is 1.84. The Kier molecular flexibility index (Phi) is 2.65. The van der Waals surface area contributed by atoms with Crippen LogP contribution in [0.1, 0.15) is 0 Å². The van der Waals surface area contributed by atoms with Crippen molar-refractivity contribution < 1.29 is 14.3 Å². The Hall–Kier alpha value is -0.610. The number of ether oxygens (including phenoxy) is 2. The van der Waals surface area contributed by atoms with Crippen LogP contribution in [0.3, 0.4) is 0 Å². The van der Waals surface area contributed by atoms with E-state index in [0.29, 0.717) is 19.3 Å². The molecule has 10 heavy (non-hydrogen) atoms. The first-order valence-electron chi connectivity index (χ1n) is 3.21. The first kappa shape index (κ1) is 7.50. The highest BCUT2D eigenvalue weighted by Gasteiger charge is 2.18. The van der Waals surface area contributed by atoms with Gasteiger partial charge in [0.1, 0.15) is 0 Å². The molecule has 0 amide bonds. The Morgan fingerprint density at radius 2 is 2.50 bits per heavy atom. The van der Waals surface area contributed by atoms with Gasteiger partial charge in [0, 0.05) is 0 Å². The third-order valence-corrected chi connectivity index (χ3v) is 1.40. The summed E-state index contributed by atoms with van der Waals surface area (Å²) in [5.41, 5.74) is 0. The molecule has 1 saturated heterocycles. The van der Waals surface area contributed by atoms with Crippen LogP contribution in [0, 0.1) is 0 Å². The van der Waals surface area contributed by atoms with Gasteiger partial charge < -0.3 is 9.47 Å². The minimum absolute atomic E-state index is 0.230. The number of carbonyl (C=O) groups excluding carboxylic acids is 1. The fourth-order valence-electron chi connectivity index (χ4n) is 0.653. The van der Waals surface area contributed by atoms with Crippen molar-refractivity contribution >= 4 is 5.97 Å². The zero-order valence-corrected chi connectivity index (χ0v) is 5.92. The Bertz CT molecular complexity index is 122. The highest BCUT2D eigenvalue weighted by atomic mass is 16.5. The smallest absolute Gasteiger partial charge is 0.319 e. The van der Waals surface area contributed by atoms with Gasteiger partial charge in [-0.25, -0.2) is 0 Å². The van der Waals surface area contributed by atoms with Gasteiger partial charge in [0.05, 0.1) is 32.9 Å². The van der Waals surface area contributed by atoms with E-state index >= 15 is 0 Å². The molecule has 0 aromatic rings.